The number of Topliss-reactive ketones (excluding diaryl/α,β-unsaturated/α-hetero) is 1. The van der Waals surface area contributed by atoms with Gasteiger partial charge in [0.2, 0.25) is 0 Å². The first-order chi connectivity index (χ1) is 8.85. The highest BCUT2D eigenvalue weighted by molar-refractivity contribution is 9.12. The number of ether oxygens (including phenoxy) is 1. The Bertz CT molecular complexity index is 546. The maximum atomic E-state index is 12.2. The monoisotopic (exact) mass is 324 g/mol. The molecule has 3 rings (SSSR count). The summed E-state index contributed by atoms with van der Waals surface area (Å²) in [5.74, 6) is 0.0623. The molecule has 2 aliphatic carbocycles. The Morgan fingerprint density at radius 3 is 2.79 bits per heavy atom. The molecular weight excluding hydrogens is 308 g/mol. The molecule has 3 nitrogen and oxygen atoms in total. The van der Waals surface area contributed by atoms with Crippen molar-refractivity contribution < 1.29 is 14.3 Å². The van der Waals surface area contributed by atoms with Crippen molar-refractivity contribution >= 4 is 27.7 Å². The third-order valence-corrected chi connectivity index (χ3v) is 5.54. The number of ketones is 1. The van der Waals surface area contributed by atoms with E-state index >= 15 is 0 Å². The standard InChI is InChI=1S/C15H17BrO3/c1-7-9-4-5-15(3)6-10(16)12(17)8(2)11(15)13(9)19-14(7)18/h6-7,9,13H,4-5H2,1-3H3. The SMILES string of the molecule is CC1=C2C3OC(=O)C(C)C3CCC2(C)C=C(Br)C1=O. The third kappa shape index (κ3) is 1.69. The van der Waals surface area contributed by atoms with Crippen LogP contribution in [0.25, 0.3) is 0 Å². The second-order valence-corrected chi connectivity index (χ2v) is 6.98. The Morgan fingerprint density at radius 2 is 2.11 bits per heavy atom. The lowest BCUT2D eigenvalue weighted by molar-refractivity contribution is -0.143. The molecule has 0 N–H and O–H groups in total. The van der Waals surface area contributed by atoms with E-state index in [2.05, 4.69) is 22.9 Å². The first-order valence-corrected chi connectivity index (χ1v) is 7.49. The van der Waals surface area contributed by atoms with Crippen molar-refractivity contribution in [3.05, 3.63) is 21.7 Å². The van der Waals surface area contributed by atoms with Crippen molar-refractivity contribution in [1.29, 1.82) is 0 Å². The Balaban J connectivity index is 2.12. The van der Waals surface area contributed by atoms with Crippen LogP contribution in [-0.4, -0.2) is 17.9 Å². The van der Waals surface area contributed by atoms with Crippen LogP contribution in [0, 0.1) is 17.3 Å². The van der Waals surface area contributed by atoms with E-state index in [9.17, 15) is 9.59 Å². The van der Waals surface area contributed by atoms with Crippen LogP contribution >= 0.6 is 15.9 Å². The van der Waals surface area contributed by atoms with Gasteiger partial charge in [-0.1, -0.05) is 19.9 Å². The van der Waals surface area contributed by atoms with E-state index in [0.29, 0.717) is 4.48 Å². The Labute approximate surface area is 121 Å². The van der Waals surface area contributed by atoms with Crippen LogP contribution in [-0.2, 0) is 14.3 Å². The van der Waals surface area contributed by atoms with Gasteiger partial charge in [0.1, 0.15) is 6.10 Å². The van der Waals surface area contributed by atoms with Crippen molar-refractivity contribution in [3.8, 4) is 0 Å². The molecule has 4 heteroatoms. The zero-order valence-electron chi connectivity index (χ0n) is 11.3. The van der Waals surface area contributed by atoms with Crippen LogP contribution in [0.1, 0.15) is 33.6 Å². The quantitative estimate of drug-likeness (QED) is 0.643. The van der Waals surface area contributed by atoms with Crippen LogP contribution < -0.4 is 0 Å². The lowest BCUT2D eigenvalue weighted by Crippen LogP contribution is -2.40. The van der Waals surface area contributed by atoms with Gasteiger partial charge in [-0.05, 0) is 41.3 Å². The van der Waals surface area contributed by atoms with Gasteiger partial charge in [0, 0.05) is 16.9 Å². The zero-order chi connectivity index (χ0) is 13.9. The lowest BCUT2D eigenvalue weighted by Gasteiger charge is -2.43. The van der Waals surface area contributed by atoms with Crippen molar-refractivity contribution in [1.82, 2.24) is 0 Å². The van der Waals surface area contributed by atoms with Gasteiger partial charge in [-0.3, -0.25) is 9.59 Å². The van der Waals surface area contributed by atoms with E-state index < -0.39 is 0 Å². The van der Waals surface area contributed by atoms with Crippen molar-refractivity contribution in [2.24, 2.45) is 17.3 Å². The summed E-state index contributed by atoms with van der Waals surface area (Å²) in [4.78, 5) is 24.0. The van der Waals surface area contributed by atoms with Crippen LogP contribution in [0.2, 0.25) is 0 Å². The number of carbonyl (C=O) groups is 2. The highest BCUT2D eigenvalue weighted by atomic mass is 79.9. The zero-order valence-corrected chi connectivity index (χ0v) is 12.9. The smallest absolute Gasteiger partial charge is 0.309 e. The lowest BCUT2D eigenvalue weighted by atomic mass is 9.62. The van der Waals surface area contributed by atoms with Gasteiger partial charge in [-0.25, -0.2) is 0 Å². The Hall–Kier alpha value is -0.900. The summed E-state index contributed by atoms with van der Waals surface area (Å²) < 4.78 is 6.20. The predicted molar refractivity (Wildman–Crippen MR) is 74.6 cm³/mol. The first kappa shape index (κ1) is 13.1. The fourth-order valence-electron chi connectivity index (χ4n) is 3.80. The molecule has 19 heavy (non-hydrogen) atoms. The number of rotatable bonds is 0. The van der Waals surface area contributed by atoms with Gasteiger partial charge in [-0.2, -0.15) is 0 Å². The number of hydrogen-bond donors (Lipinski definition) is 0. The summed E-state index contributed by atoms with van der Waals surface area (Å²) in [5, 5.41) is 0. The normalized spacial score (nSPS) is 41.7. The van der Waals surface area contributed by atoms with Crippen LogP contribution in [0.15, 0.2) is 21.7 Å². The average molecular weight is 325 g/mol. The van der Waals surface area contributed by atoms with Gasteiger partial charge in [0.15, 0.2) is 5.78 Å². The molecule has 1 aliphatic heterocycles. The molecule has 0 amide bonds. The Kier molecular flexibility index (Phi) is 2.79. The molecule has 0 bridgehead atoms. The summed E-state index contributed by atoms with van der Waals surface area (Å²) in [6.07, 6.45) is 3.71. The highest BCUT2D eigenvalue weighted by Gasteiger charge is 2.53. The van der Waals surface area contributed by atoms with E-state index in [1.54, 1.807) is 0 Å². The number of halogens is 1. The number of fused-ring (bicyclic) bond motifs is 3. The number of esters is 1. The van der Waals surface area contributed by atoms with Crippen LogP contribution in [0.4, 0.5) is 0 Å². The molecule has 0 spiro atoms. The minimum absolute atomic E-state index is 0.0173. The first-order valence-electron chi connectivity index (χ1n) is 6.70. The van der Waals surface area contributed by atoms with E-state index in [1.165, 1.54) is 0 Å². The number of allylic oxidation sites excluding steroid dienone is 3. The second-order valence-electron chi connectivity index (χ2n) is 6.13. The topological polar surface area (TPSA) is 43.4 Å². The molecule has 0 aromatic heterocycles. The van der Waals surface area contributed by atoms with Gasteiger partial charge in [-0.15, -0.1) is 0 Å². The summed E-state index contributed by atoms with van der Waals surface area (Å²) in [7, 11) is 0. The molecule has 4 atom stereocenters. The fraction of sp³-hybridized carbons (Fsp3) is 0.600. The number of carbonyl (C=O) groups excluding carboxylic acids is 2. The number of hydrogen-bond acceptors (Lipinski definition) is 3. The summed E-state index contributed by atoms with van der Waals surface area (Å²) in [6.45, 7) is 5.91. The van der Waals surface area contributed by atoms with E-state index in [-0.39, 0.29) is 35.1 Å². The maximum absolute atomic E-state index is 12.2. The molecule has 4 unspecified atom stereocenters. The molecule has 2 fully saturated rings. The molecule has 3 aliphatic rings. The van der Waals surface area contributed by atoms with Crippen LogP contribution in [0.5, 0.6) is 0 Å². The minimum Gasteiger partial charge on any atom is -0.457 e. The second kappa shape index (κ2) is 4.05. The van der Waals surface area contributed by atoms with E-state index in [0.717, 1.165) is 24.0 Å². The Morgan fingerprint density at radius 1 is 1.42 bits per heavy atom. The predicted octanol–water partition coefficient (Wildman–Crippen LogP) is 3.14. The van der Waals surface area contributed by atoms with Gasteiger partial charge in [0.25, 0.3) is 0 Å². The van der Waals surface area contributed by atoms with Crippen molar-refractivity contribution in [2.75, 3.05) is 0 Å². The molecule has 0 radical (unpaired) electrons. The fourth-order valence-corrected chi connectivity index (χ4v) is 4.60. The van der Waals surface area contributed by atoms with Gasteiger partial charge in [0.05, 0.1) is 10.4 Å². The molecule has 1 saturated heterocycles. The van der Waals surface area contributed by atoms with Crippen molar-refractivity contribution in [3.63, 3.8) is 0 Å². The van der Waals surface area contributed by atoms with Gasteiger partial charge < -0.3 is 4.74 Å². The van der Waals surface area contributed by atoms with E-state index in [1.807, 2.05) is 19.9 Å². The molecule has 102 valence electrons. The van der Waals surface area contributed by atoms with Gasteiger partial charge >= 0.3 is 5.97 Å². The highest BCUT2D eigenvalue weighted by Crippen LogP contribution is 2.54. The summed E-state index contributed by atoms with van der Waals surface area (Å²) >= 11 is 3.36. The minimum atomic E-state index is -0.206. The van der Waals surface area contributed by atoms with E-state index in [4.69, 9.17) is 4.74 Å². The molecule has 1 heterocycles. The largest absolute Gasteiger partial charge is 0.457 e. The van der Waals surface area contributed by atoms with Crippen molar-refractivity contribution in [2.45, 2.75) is 39.7 Å². The third-order valence-electron chi connectivity index (χ3n) is 4.95. The summed E-state index contributed by atoms with van der Waals surface area (Å²) in [5.41, 5.74) is 1.60. The maximum Gasteiger partial charge on any atom is 0.309 e. The summed E-state index contributed by atoms with van der Waals surface area (Å²) in [6, 6.07) is 0. The molecule has 1 saturated carbocycles. The molecule has 0 aromatic rings. The molecular formula is C15H17BrO3. The average Bonchev–Trinajstić information content (AvgIpc) is 2.61. The van der Waals surface area contributed by atoms with Crippen LogP contribution in [0.3, 0.4) is 0 Å². The molecule has 0 aromatic carbocycles.